The number of carbonyl (C=O) groups is 1. The van der Waals surface area contributed by atoms with Crippen LogP contribution in [0.2, 0.25) is 0 Å². The van der Waals surface area contributed by atoms with Gasteiger partial charge in [-0.2, -0.15) is 0 Å². The van der Waals surface area contributed by atoms with E-state index in [-0.39, 0.29) is 23.0 Å². The molecule has 0 aliphatic heterocycles. The summed E-state index contributed by atoms with van der Waals surface area (Å²) in [4.78, 5) is 14.4. The van der Waals surface area contributed by atoms with Crippen LogP contribution in [0.15, 0.2) is 53.4 Å². The Morgan fingerprint density at radius 1 is 1.23 bits per heavy atom. The van der Waals surface area contributed by atoms with Crippen molar-refractivity contribution in [2.45, 2.75) is 36.7 Å². The molecule has 0 unspecified atom stereocenters. The number of hydrogen-bond donors (Lipinski definition) is 2. The van der Waals surface area contributed by atoms with Crippen LogP contribution in [0.4, 0.5) is 4.79 Å². The molecule has 1 aliphatic rings. The average Bonchev–Trinajstić information content (AvgIpc) is 3.04. The minimum Gasteiger partial charge on any atom is -0.331 e. The number of nitrogens with two attached hydrogens (primary N) is 1. The fourth-order valence-corrected chi connectivity index (χ4v) is 3.98. The van der Waals surface area contributed by atoms with E-state index >= 15 is 0 Å². The molecule has 6 nitrogen and oxygen atoms in total. The van der Waals surface area contributed by atoms with Crippen LogP contribution in [0.5, 0.6) is 0 Å². The van der Waals surface area contributed by atoms with E-state index in [1.165, 1.54) is 23.3 Å². The summed E-state index contributed by atoms with van der Waals surface area (Å²) in [5.74, 6) is 0. The number of nitrogens with one attached hydrogen (secondary N) is 1. The molecule has 1 aliphatic carbocycles. The molecule has 7 heteroatoms. The smallest absolute Gasteiger partial charge is 0.318 e. The summed E-state index contributed by atoms with van der Waals surface area (Å²) in [5.41, 5.74) is 3.16. The van der Waals surface area contributed by atoms with Gasteiger partial charge in [-0.25, -0.2) is 18.4 Å². The van der Waals surface area contributed by atoms with Crippen molar-refractivity contribution in [2.24, 2.45) is 5.14 Å². The number of hydrogen-bond acceptors (Lipinski definition) is 3. The molecule has 138 valence electrons. The number of fused-ring (bicyclic) bond motifs is 1. The number of carbonyl (C=O) groups excluding carboxylic acids is 1. The number of amides is 2. The Hall–Kier alpha value is -2.38. The first-order valence-electron chi connectivity index (χ1n) is 8.51. The van der Waals surface area contributed by atoms with Gasteiger partial charge in [0.05, 0.1) is 17.0 Å². The van der Waals surface area contributed by atoms with E-state index in [2.05, 4.69) is 17.4 Å². The van der Waals surface area contributed by atoms with Gasteiger partial charge in [-0.3, -0.25) is 0 Å². The standard InChI is InChI=1S/C19H23N3O3S/c1-13(15-7-5-8-16(12-15)26(20,24)25)21-19(23)22(2)18-11-10-14-6-3-4-9-17(14)18/h3-9,12-13,18H,10-11H2,1-2H3,(H,21,23)(H2,20,24,25)/t13-,18+/m1/s1. The molecule has 3 rings (SSSR count). The van der Waals surface area contributed by atoms with E-state index in [9.17, 15) is 13.2 Å². The normalized spacial score (nSPS) is 17.4. The highest BCUT2D eigenvalue weighted by Crippen LogP contribution is 2.34. The van der Waals surface area contributed by atoms with Gasteiger partial charge in [0.1, 0.15) is 0 Å². The van der Waals surface area contributed by atoms with Crippen molar-refractivity contribution in [3.05, 3.63) is 65.2 Å². The highest BCUT2D eigenvalue weighted by molar-refractivity contribution is 7.89. The third-order valence-electron chi connectivity index (χ3n) is 4.92. The fourth-order valence-electron chi connectivity index (χ4n) is 3.41. The maximum atomic E-state index is 12.7. The first-order chi connectivity index (χ1) is 12.3. The Kier molecular flexibility index (Phi) is 5.02. The SMILES string of the molecule is C[C@@H](NC(=O)N(C)[C@H]1CCc2ccccc21)c1cccc(S(N)(=O)=O)c1. The monoisotopic (exact) mass is 373 g/mol. The Labute approximate surface area is 154 Å². The second-order valence-electron chi connectivity index (χ2n) is 6.65. The summed E-state index contributed by atoms with van der Waals surface area (Å²) in [5, 5.41) is 8.11. The Morgan fingerprint density at radius 2 is 1.96 bits per heavy atom. The third kappa shape index (κ3) is 3.73. The number of nitrogens with zero attached hydrogens (tertiary/aromatic N) is 1. The van der Waals surface area contributed by atoms with E-state index in [1.54, 1.807) is 24.1 Å². The summed E-state index contributed by atoms with van der Waals surface area (Å²) >= 11 is 0. The first kappa shape index (κ1) is 18.4. The number of rotatable bonds is 4. The quantitative estimate of drug-likeness (QED) is 0.863. The molecule has 26 heavy (non-hydrogen) atoms. The zero-order valence-electron chi connectivity index (χ0n) is 14.8. The summed E-state index contributed by atoms with van der Waals surface area (Å²) in [6.07, 6.45) is 1.86. The van der Waals surface area contributed by atoms with E-state index < -0.39 is 10.0 Å². The van der Waals surface area contributed by atoms with Crippen LogP contribution in [-0.2, 0) is 16.4 Å². The van der Waals surface area contributed by atoms with Crippen molar-refractivity contribution in [2.75, 3.05) is 7.05 Å². The molecule has 0 saturated carbocycles. The van der Waals surface area contributed by atoms with Crippen LogP contribution < -0.4 is 10.5 Å². The lowest BCUT2D eigenvalue weighted by Gasteiger charge is -2.27. The Bertz CT molecular complexity index is 927. The van der Waals surface area contributed by atoms with E-state index in [0.717, 1.165) is 12.8 Å². The van der Waals surface area contributed by atoms with E-state index in [1.807, 2.05) is 19.1 Å². The van der Waals surface area contributed by atoms with Crippen molar-refractivity contribution >= 4 is 16.1 Å². The molecular formula is C19H23N3O3S. The van der Waals surface area contributed by atoms with Gasteiger partial charge in [0.2, 0.25) is 10.0 Å². The minimum absolute atomic E-state index is 0.0363. The molecule has 2 amide bonds. The van der Waals surface area contributed by atoms with Crippen LogP contribution in [-0.4, -0.2) is 26.4 Å². The molecule has 2 aromatic rings. The van der Waals surface area contributed by atoms with Crippen molar-refractivity contribution < 1.29 is 13.2 Å². The molecule has 0 bridgehead atoms. The summed E-state index contributed by atoms with van der Waals surface area (Å²) in [6, 6.07) is 14.0. The summed E-state index contributed by atoms with van der Waals surface area (Å²) < 4.78 is 23.0. The third-order valence-corrected chi connectivity index (χ3v) is 5.83. The highest BCUT2D eigenvalue weighted by Gasteiger charge is 2.28. The van der Waals surface area contributed by atoms with Crippen molar-refractivity contribution in [3.8, 4) is 0 Å². The molecule has 0 fully saturated rings. The fraction of sp³-hybridized carbons (Fsp3) is 0.316. The van der Waals surface area contributed by atoms with Crippen molar-refractivity contribution in [1.29, 1.82) is 0 Å². The largest absolute Gasteiger partial charge is 0.331 e. The van der Waals surface area contributed by atoms with Crippen LogP contribution in [0, 0.1) is 0 Å². The lowest BCUT2D eigenvalue weighted by Crippen LogP contribution is -2.40. The van der Waals surface area contributed by atoms with Crippen LogP contribution in [0.3, 0.4) is 0 Å². The highest BCUT2D eigenvalue weighted by atomic mass is 32.2. The lowest BCUT2D eigenvalue weighted by molar-refractivity contribution is 0.187. The molecule has 3 N–H and O–H groups in total. The zero-order valence-corrected chi connectivity index (χ0v) is 15.7. The number of benzene rings is 2. The predicted octanol–water partition coefficient (Wildman–Crippen LogP) is 2.72. The van der Waals surface area contributed by atoms with Gasteiger partial charge in [0.15, 0.2) is 0 Å². The zero-order chi connectivity index (χ0) is 18.9. The first-order valence-corrected chi connectivity index (χ1v) is 10.1. The second kappa shape index (κ2) is 7.09. The minimum atomic E-state index is -3.77. The predicted molar refractivity (Wildman–Crippen MR) is 100 cm³/mol. The maximum absolute atomic E-state index is 12.7. The topological polar surface area (TPSA) is 92.5 Å². The van der Waals surface area contributed by atoms with E-state index in [4.69, 9.17) is 5.14 Å². The van der Waals surface area contributed by atoms with E-state index in [0.29, 0.717) is 5.56 Å². The number of aryl methyl sites for hydroxylation is 1. The van der Waals surface area contributed by atoms with Gasteiger partial charge in [0, 0.05) is 7.05 Å². The average molecular weight is 373 g/mol. The maximum Gasteiger partial charge on any atom is 0.318 e. The van der Waals surface area contributed by atoms with Gasteiger partial charge >= 0.3 is 6.03 Å². The molecule has 2 atom stereocenters. The molecule has 0 radical (unpaired) electrons. The van der Waals surface area contributed by atoms with Crippen LogP contribution >= 0.6 is 0 Å². The summed E-state index contributed by atoms with van der Waals surface area (Å²) in [6.45, 7) is 1.82. The molecule has 0 saturated heterocycles. The molecule has 0 spiro atoms. The molecule has 0 aromatic heterocycles. The van der Waals surface area contributed by atoms with Gasteiger partial charge in [0.25, 0.3) is 0 Å². The van der Waals surface area contributed by atoms with Gasteiger partial charge in [-0.15, -0.1) is 0 Å². The van der Waals surface area contributed by atoms with Gasteiger partial charge in [-0.1, -0.05) is 36.4 Å². The van der Waals surface area contributed by atoms with Gasteiger partial charge in [-0.05, 0) is 48.6 Å². The summed E-state index contributed by atoms with van der Waals surface area (Å²) in [7, 11) is -1.99. The van der Waals surface area contributed by atoms with Crippen molar-refractivity contribution in [1.82, 2.24) is 10.2 Å². The van der Waals surface area contributed by atoms with Crippen LogP contribution in [0.25, 0.3) is 0 Å². The second-order valence-corrected chi connectivity index (χ2v) is 8.21. The van der Waals surface area contributed by atoms with Crippen LogP contribution in [0.1, 0.15) is 42.1 Å². The van der Waals surface area contributed by atoms with Gasteiger partial charge < -0.3 is 10.2 Å². The number of primary sulfonamides is 1. The Morgan fingerprint density at radius 3 is 2.69 bits per heavy atom. The number of sulfonamides is 1. The molecule has 0 heterocycles. The number of urea groups is 1. The van der Waals surface area contributed by atoms with Crippen molar-refractivity contribution in [3.63, 3.8) is 0 Å². The molecule has 2 aromatic carbocycles. The Balaban J connectivity index is 1.72. The lowest BCUT2D eigenvalue weighted by atomic mass is 10.1. The molecular weight excluding hydrogens is 350 g/mol.